The number of amides is 1. The van der Waals surface area contributed by atoms with E-state index < -0.39 is 0 Å². The zero-order chi connectivity index (χ0) is 20.8. The lowest BCUT2D eigenvalue weighted by Gasteiger charge is -2.32. The molecule has 3 rings (SSSR count). The highest BCUT2D eigenvalue weighted by Crippen LogP contribution is 2.44. The first kappa shape index (κ1) is 21.8. The Bertz CT molecular complexity index is 716. The first-order valence-electron chi connectivity index (χ1n) is 10.4. The zero-order valence-corrected chi connectivity index (χ0v) is 17.9. The van der Waals surface area contributed by atoms with E-state index in [1.165, 1.54) is 6.07 Å². The lowest BCUT2D eigenvalue weighted by Crippen LogP contribution is -2.50. The summed E-state index contributed by atoms with van der Waals surface area (Å²) >= 11 is 6.19. The number of likely N-dealkylation sites (tertiary alicyclic amines) is 1. The molecule has 2 atom stereocenters. The van der Waals surface area contributed by atoms with E-state index in [4.69, 9.17) is 11.6 Å². The van der Waals surface area contributed by atoms with Gasteiger partial charge in [-0.3, -0.25) is 14.7 Å². The van der Waals surface area contributed by atoms with E-state index in [-0.39, 0.29) is 23.7 Å². The molecule has 1 heterocycles. The highest BCUT2D eigenvalue weighted by Gasteiger charge is 2.42. The number of nitrogens with zero attached hydrogens (tertiary/aromatic N) is 2. The molecule has 0 bridgehead atoms. The summed E-state index contributed by atoms with van der Waals surface area (Å²) < 4.78 is 14.1. The maximum atomic E-state index is 14.1. The summed E-state index contributed by atoms with van der Waals surface area (Å²) in [7, 11) is 1.75. The van der Waals surface area contributed by atoms with Crippen LogP contribution in [0.1, 0.15) is 44.1 Å². The van der Waals surface area contributed by atoms with Crippen molar-refractivity contribution in [1.29, 1.82) is 0 Å². The molecule has 2 aliphatic rings. The molecule has 1 saturated carbocycles. The van der Waals surface area contributed by atoms with Crippen molar-refractivity contribution in [2.24, 2.45) is 4.99 Å². The number of carbonyl (C=O) groups is 1. The van der Waals surface area contributed by atoms with E-state index >= 15 is 0 Å². The predicted molar refractivity (Wildman–Crippen MR) is 115 cm³/mol. The molecular formula is C21H31ClFN5O. The van der Waals surface area contributed by atoms with Crippen LogP contribution in [0, 0.1) is 5.82 Å². The average Bonchev–Trinajstić information content (AvgIpc) is 3.45. The van der Waals surface area contributed by atoms with Crippen molar-refractivity contribution in [2.75, 3.05) is 33.2 Å². The number of aliphatic imine (C=N–C) groups is 1. The van der Waals surface area contributed by atoms with Crippen molar-refractivity contribution in [3.05, 3.63) is 34.6 Å². The number of guanidine groups is 1. The molecule has 1 aliphatic heterocycles. The topological polar surface area (TPSA) is 68.8 Å². The second-order valence-corrected chi connectivity index (χ2v) is 8.25. The smallest absolute Gasteiger partial charge is 0.234 e. The van der Waals surface area contributed by atoms with Crippen LogP contribution in [-0.4, -0.2) is 62.1 Å². The summed E-state index contributed by atoms with van der Waals surface area (Å²) in [4.78, 5) is 18.4. The van der Waals surface area contributed by atoms with Gasteiger partial charge >= 0.3 is 0 Å². The second kappa shape index (κ2) is 10.3. The van der Waals surface area contributed by atoms with Crippen molar-refractivity contribution in [3.63, 3.8) is 0 Å². The van der Waals surface area contributed by atoms with Crippen LogP contribution in [0.3, 0.4) is 0 Å². The minimum Gasteiger partial charge on any atom is -0.355 e. The average molecular weight is 424 g/mol. The molecule has 2 fully saturated rings. The van der Waals surface area contributed by atoms with Crippen molar-refractivity contribution in [2.45, 2.75) is 50.6 Å². The van der Waals surface area contributed by atoms with Gasteiger partial charge in [0.1, 0.15) is 5.82 Å². The molecule has 2 unspecified atom stereocenters. The Morgan fingerprint density at radius 3 is 2.72 bits per heavy atom. The fourth-order valence-corrected chi connectivity index (χ4v) is 4.14. The fourth-order valence-electron chi connectivity index (χ4n) is 3.84. The van der Waals surface area contributed by atoms with E-state index in [9.17, 15) is 9.18 Å². The van der Waals surface area contributed by atoms with E-state index in [0.29, 0.717) is 23.2 Å². The molecule has 6 nitrogen and oxygen atoms in total. The number of rotatable bonds is 7. The molecule has 3 N–H and O–H groups in total. The summed E-state index contributed by atoms with van der Waals surface area (Å²) in [5, 5.41) is 10.3. The number of halogens is 2. The summed E-state index contributed by atoms with van der Waals surface area (Å²) in [6.07, 6.45) is 3.70. The molecule has 1 aliphatic carbocycles. The number of piperidine rings is 1. The van der Waals surface area contributed by atoms with Gasteiger partial charge in [0.05, 0.1) is 6.54 Å². The van der Waals surface area contributed by atoms with Crippen LogP contribution in [0.15, 0.2) is 23.2 Å². The third-order valence-corrected chi connectivity index (χ3v) is 5.90. The largest absolute Gasteiger partial charge is 0.355 e. The molecule has 1 aromatic rings. The van der Waals surface area contributed by atoms with Crippen molar-refractivity contribution >= 4 is 23.5 Å². The number of nitrogens with one attached hydrogen (secondary N) is 3. The van der Waals surface area contributed by atoms with Crippen LogP contribution in [0.25, 0.3) is 0 Å². The van der Waals surface area contributed by atoms with Crippen LogP contribution < -0.4 is 16.0 Å². The summed E-state index contributed by atoms with van der Waals surface area (Å²) in [5.41, 5.74) is 0.594. The number of hydrogen-bond acceptors (Lipinski definition) is 3. The zero-order valence-electron chi connectivity index (χ0n) is 17.2. The van der Waals surface area contributed by atoms with Gasteiger partial charge in [-0.15, -0.1) is 0 Å². The van der Waals surface area contributed by atoms with Gasteiger partial charge in [-0.2, -0.15) is 0 Å². The van der Waals surface area contributed by atoms with Crippen molar-refractivity contribution in [1.82, 2.24) is 20.9 Å². The highest BCUT2D eigenvalue weighted by molar-refractivity contribution is 6.31. The van der Waals surface area contributed by atoms with Gasteiger partial charge in [0.2, 0.25) is 5.91 Å². The molecule has 160 valence electrons. The Balaban J connectivity index is 1.42. The molecule has 0 radical (unpaired) electrons. The van der Waals surface area contributed by atoms with Crippen molar-refractivity contribution in [3.8, 4) is 0 Å². The molecule has 29 heavy (non-hydrogen) atoms. The molecule has 1 amide bonds. The Labute approximate surface area is 177 Å². The Morgan fingerprint density at radius 1 is 1.31 bits per heavy atom. The fraction of sp³-hybridized carbons (Fsp3) is 0.619. The predicted octanol–water partition coefficient (Wildman–Crippen LogP) is 2.49. The van der Waals surface area contributed by atoms with Crippen LogP contribution >= 0.6 is 11.6 Å². The Hall–Kier alpha value is -1.86. The Kier molecular flexibility index (Phi) is 7.72. The van der Waals surface area contributed by atoms with Crippen LogP contribution in [0.4, 0.5) is 4.39 Å². The van der Waals surface area contributed by atoms with E-state index in [1.54, 1.807) is 19.2 Å². The number of hydrogen-bond donors (Lipinski definition) is 3. The lowest BCUT2D eigenvalue weighted by atomic mass is 10.1. The SMILES string of the molecule is CCCNC(=O)CN1CCC(NC(=NC)NC2CC2c2c(F)cccc2Cl)CC1. The molecular weight excluding hydrogens is 393 g/mol. The third-order valence-electron chi connectivity index (χ3n) is 5.57. The minimum atomic E-state index is -0.245. The van der Waals surface area contributed by atoms with E-state index in [1.807, 2.05) is 6.92 Å². The summed E-state index contributed by atoms with van der Waals surface area (Å²) in [5.74, 6) is 0.669. The van der Waals surface area contributed by atoms with Gasteiger partial charge < -0.3 is 16.0 Å². The summed E-state index contributed by atoms with van der Waals surface area (Å²) in [6.45, 7) is 5.01. The maximum Gasteiger partial charge on any atom is 0.234 e. The normalized spacial score (nSPS) is 23.0. The van der Waals surface area contributed by atoms with Crippen molar-refractivity contribution < 1.29 is 9.18 Å². The van der Waals surface area contributed by atoms with Gasteiger partial charge in [-0.1, -0.05) is 24.6 Å². The van der Waals surface area contributed by atoms with Gasteiger partial charge in [0.15, 0.2) is 5.96 Å². The van der Waals surface area contributed by atoms with Gasteiger partial charge in [0, 0.05) is 55.3 Å². The minimum absolute atomic E-state index is 0.0748. The van der Waals surface area contributed by atoms with Gasteiger partial charge in [0.25, 0.3) is 0 Å². The monoisotopic (exact) mass is 423 g/mol. The number of carbonyl (C=O) groups excluding carboxylic acids is 1. The first-order chi connectivity index (χ1) is 14.0. The number of benzene rings is 1. The second-order valence-electron chi connectivity index (χ2n) is 7.85. The quantitative estimate of drug-likeness (QED) is 0.465. The van der Waals surface area contributed by atoms with E-state index in [0.717, 1.165) is 51.3 Å². The molecule has 1 saturated heterocycles. The molecule has 0 spiro atoms. The molecule has 1 aromatic carbocycles. The molecule has 0 aromatic heterocycles. The summed E-state index contributed by atoms with van der Waals surface area (Å²) in [6, 6.07) is 5.27. The van der Waals surface area contributed by atoms with Crippen LogP contribution in [0.5, 0.6) is 0 Å². The first-order valence-corrected chi connectivity index (χ1v) is 10.8. The Morgan fingerprint density at radius 2 is 2.07 bits per heavy atom. The lowest BCUT2D eigenvalue weighted by molar-refractivity contribution is -0.122. The highest BCUT2D eigenvalue weighted by atomic mass is 35.5. The van der Waals surface area contributed by atoms with E-state index in [2.05, 4.69) is 25.8 Å². The third kappa shape index (κ3) is 6.06. The van der Waals surface area contributed by atoms with Gasteiger partial charge in [-0.25, -0.2) is 4.39 Å². The van der Waals surface area contributed by atoms with Crippen LogP contribution in [0.2, 0.25) is 5.02 Å². The standard InChI is InChI=1S/C21H31ClFN5O/c1-3-9-25-19(29)13-28-10-7-14(8-11-28)26-21(24-2)27-18-12-15(18)20-16(22)5-4-6-17(20)23/h4-6,14-15,18H,3,7-13H2,1-2H3,(H,25,29)(H2,24,26,27). The van der Waals surface area contributed by atoms with Crippen LogP contribution in [-0.2, 0) is 4.79 Å². The maximum absolute atomic E-state index is 14.1. The molecule has 8 heteroatoms. The van der Waals surface area contributed by atoms with Gasteiger partial charge in [-0.05, 0) is 37.8 Å².